The van der Waals surface area contributed by atoms with Crippen molar-refractivity contribution in [3.05, 3.63) is 23.8 Å². The molecule has 2 aliphatic heterocycles. The van der Waals surface area contributed by atoms with Gasteiger partial charge in [-0.3, -0.25) is 9.69 Å². The third kappa shape index (κ3) is 2.97. The van der Waals surface area contributed by atoms with Crippen LogP contribution >= 0.6 is 0 Å². The molecule has 5 nitrogen and oxygen atoms in total. The Morgan fingerprint density at radius 1 is 1.29 bits per heavy atom. The van der Waals surface area contributed by atoms with Crippen LogP contribution in [-0.2, 0) is 4.79 Å². The van der Waals surface area contributed by atoms with Gasteiger partial charge in [0.05, 0.1) is 6.54 Å². The molecule has 0 bridgehead atoms. The van der Waals surface area contributed by atoms with Crippen LogP contribution in [-0.4, -0.2) is 56.1 Å². The summed E-state index contributed by atoms with van der Waals surface area (Å²) in [6.07, 6.45) is 2.21. The van der Waals surface area contributed by atoms with Crippen molar-refractivity contribution in [3.8, 4) is 11.5 Å². The van der Waals surface area contributed by atoms with Crippen molar-refractivity contribution in [2.75, 3.05) is 40.4 Å². The van der Waals surface area contributed by atoms with E-state index in [9.17, 15) is 4.79 Å². The summed E-state index contributed by atoms with van der Waals surface area (Å²) in [7, 11) is 3.61. The van der Waals surface area contributed by atoms with Gasteiger partial charge in [-0.15, -0.1) is 0 Å². The van der Waals surface area contributed by atoms with E-state index in [1.807, 2.05) is 6.07 Å². The fourth-order valence-electron chi connectivity index (χ4n) is 2.98. The summed E-state index contributed by atoms with van der Waals surface area (Å²) in [5.74, 6) is 1.79. The molecule has 0 radical (unpaired) electrons. The Labute approximate surface area is 125 Å². The molecule has 1 aromatic carbocycles. The summed E-state index contributed by atoms with van der Waals surface area (Å²) >= 11 is 0. The van der Waals surface area contributed by atoms with Gasteiger partial charge in [-0.05, 0) is 37.1 Å². The van der Waals surface area contributed by atoms with E-state index in [1.165, 1.54) is 5.56 Å². The maximum Gasteiger partial charge on any atom is 0.236 e. The molecule has 1 amide bonds. The first-order valence-electron chi connectivity index (χ1n) is 7.49. The van der Waals surface area contributed by atoms with Gasteiger partial charge in [-0.2, -0.15) is 0 Å². The zero-order valence-electron chi connectivity index (χ0n) is 12.7. The van der Waals surface area contributed by atoms with Crippen LogP contribution in [0.15, 0.2) is 18.2 Å². The van der Waals surface area contributed by atoms with E-state index in [0.717, 1.165) is 30.9 Å². The zero-order valence-corrected chi connectivity index (χ0v) is 12.7. The molecular formula is C16H22N2O3. The highest BCUT2D eigenvalue weighted by Crippen LogP contribution is 2.37. The number of carbonyl (C=O) groups is 1. The van der Waals surface area contributed by atoms with Crippen LogP contribution in [0.3, 0.4) is 0 Å². The van der Waals surface area contributed by atoms with E-state index in [4.69, 9.17) is 9.47 Å². The lowest BCUT2D eigenvalue weighted by molar-refractivity contribution is -0.130. The first kappa shape index (κ1) is 14.2. The van der Waals surface area contributed by atoms with Crippen molar-refractivity contribution in [2.24, 2.45) is 0 Å². The van der Waals surface area contributed by atoms with Gasteiger partial charge in [0, 0.05) is 20.1 Å². The number of benzene rings is 1. The van der Waals surface area contributed by atoms with Crippen molar-refractivity contribution in [3.63, 3.8) is 0 Å². The predicted molar refractivity (Wildman–Crippen MR) is 79.7 cm³/mol. The largest absolute Gasteiger partial charge is 0.486 e. The molecule has 1 aromatic rings. The van der Waals surface area contributed by atoms with E-state index < -0.39 is 0 Å². The normalized spacial score (nSPS) is 21.3. The standard InChI is InChI=1S/C16H22N2O3/c1-17(2)16(19)11-18-7-3-4-13(18)12-5-6-14-15(10-12)21-9-8-20-14/h5-6,10,13H,3-4,7-9,11H2,1-2H3/t13-/m0/s1. The fraction of sp³-hybridized carbons (Fsp3) is 0.562. The van der Waals surface area contributed by atoms with Gasteiger partial charge in [0.2, 0.25) is 5.91 Å². The van der Waals surface area contributed by atoms with E-state index in [1.54, 1.807) is 19.0 Å². The highest BCUT2D eigenvalue weighted by atomic mass is 16.6. The lowest BCUT2D eigenvalue weighted by Gasteiger charge is -2.27. The number of fused-ring (bicyclic) bond motifs is 1. The number of ether oxygens (including phenoxy) is 2. The number of hydrogen-bond acceptors (Lipinski definition) is 4. The monoisotopic (exact) mass is 290 g/mol. The van der Waals surface area contributed by atoms with Crippen molar-refractivity contribution >= 4 is 5.91 Å². The molecule has 114 valence electrons. The Morgan fingerprint density at radius 3 is 2.81 bits per heavy atom. The van der Waals surface area contributed by atoms with Gasteiger partial charge in [-0.1, -0.05) is 6.07 Å². The SMILES string of the molecule is CN(C)C(=O)CN1CCC[C@H]1c1ccc2c(c1)OCCO2. The van der Waals surface area contributed by atoms with E-state index in [0.29, 0.717) is 25.8 Å². The Bertz CT molecular complexity index is 530. The number of rotatable bonds is 3. The van der Waals surface area contributed by atoms with E-state index >= 15 is 0 Å². The van der Waals surface area contributed by atoms with Crippen LogP contribution in [0.1, 0.15) is 24.4 Å². The summed E-state index contributed by atoms with van der Waals surface area (Å²) in [6.45, 7) is 2.66. The second-order valence-corrected chi connectivity index (χ2v) is 5.82. The summed E-state index contributed by atoms with van der Waals surface area (Å²) in [6, 6.07) is 6.44. The topological polar surface area (TPSA) is 42.0 Å². The van der Waals surface area contributed by atoms with Gasteiger partial charge in [-0.25, -0.2) is 0 Å². The number of carbonyl (C=O) groups excluding carboxylic acids is 1. The van der Waals surface area contributed by atoms with Gasteiger partial charge in [0.1, 0.15) is 13.2 Å². The van der Waals surface area contributed by atoms with Crippen molar-refractivity contribution in [1.29, 1.82) is 0 Å². The van der Waals surface area contributed by atoms with Gasteiger partial charge < -0.3 is 14.4 Å². The average molecular weight is 290 g/mol. The number of amides is 1. The molecule has 0 aliphatic carbocycles. The third-order valence-corrected chi connectivity index (χ3v) is 4.15. The van der Waals surface area contributed by atoms with Crippen LogP contribution < -0.4 is 9.47 Å². The van der Waals surface area contributed by atoms with Gasteiger partial charge in [0.25, 0.3) is 0 Å². The second-order valence-electron chi connectivity index (χ2n) is 5.82. The summed E-state index contributed by atoms with van der Waals surface area (Å²) in [4.78, 5) is 15.9. The number of hydrogen-bond donors (Lipinski definition) is 0. The first-order chi connectivity index (χ1) is 10.1. The molecular weight excluding hydrogens is 268 g/mol. The molecule has 1 saturated heterocycles. The molecule has 3 rings (SSSR count). The van der Waals surface area contributed by atoms with Crippen molar-refractivity contribution < 1.29 is 14.3 Å². The Kier molecular flexibility index (Phi) is 4.01. The smallest absolute Gasteiger partial charge is 0.236 e. The summed E-state index contributed by atoms with van der Waals surface area (Å²) < 4.78 is 11.2. The number of likely N-dealkylation sites (tertiary alicyclic amines) is 1. The van der Waals surface area contributed by atoms with Gasteiger partial charge >= 0.3 is 0 Å². The molecule has 2 aliphatic rings. The first-order valence-corrected chi connectivity index (χ1v) is 7.49. The third-order valence-electron chi connectivity index (χ3n) is 4.15. The molecule has 2 heterocycles. The molecule has 1 fully saturated rings. The Hall–Kier alpha value is -1.75. The maximum atomic E-state index is 11.9. The van der Waals surface area contributed by atoms with Gasteiger partial charge in [0.15, 0.2) is 11.5 Å². The lowest BCUT2D eigenvalue weighted by Crippen LogP contribution is -2.36. The van der Waals surface area contributed by atoms with Crippen LogP contribution in [0.5, 0.6) is 11.5 Å². The maximum absolute atomic E-state index is 11.9. The highest BCUT2D eigenvalue weighted by Gasteiger charge is 2.29. The molecule has 0 unspecified atom stereocenters. The molecule has 1 atom stereocenters. The van der Waals surface area contributed by atoms with Crippen LogP contribution in [0.2, 0.25) is 0 Å². The van der Waals surface area contributed by atoms with Crippen LogP contribution in [0.4, 0.5) is 0 Å². The number of nitrogens with zero attached hydrogens (tertiary/aromatic N) is 2. The quantitative estimate of drug-likeness (QED) is 0.849. The predicted octanol–water partition coefficient (Wildman–Crippen LogP) is 1.68. The molecule has 21 heavy (non-hydrogen) atoms. The average Bonchev–Trinajstić information content (AvgIpc) is 2.94. The minimum Gasteiger partial charge on any atom is -0.486 e. The molecule has 0 N–H and O–H groups in total. The minimum absolute atomic E-state index is 0.152. The second kappa shape index (κ2) is 5.93. The fourth-order valence-corrected chi connectivity index (χ4v) is 2.98. The molecule has 0 spiro atoms. The van der Waals surface area contributed by atoms with Crippen molar-refractivity contribution in [2.45, 2.75) is 18.9 Å². The Balaban J connectivity index is 1.77. The van der Waals surface area contributed by atoms with Crippen LogP contribution in [0, 0.1) is 0 Å². The molecule has 0 saturated carbocycles. The summed E-state index contributed by atoms with van der Waals surface area (Å²) in [5.41, 5.74) is 1.21. The lowest BCUT2D eigenvalue weighted by atomic mass is 10.0. The zero-order chi connectivity index (χ0) is 14.8. The van der Waals surface area contributed by atoms with Crippen LogP contribution in [0.25, 0.3) is 0 Å². The van der Waals surface area contributed by atoms with E-state index in [2.05, 4.69) is 17.0 Å². The highest BCUT2D eigenvalue weighted by molar-refractivity contribution is 5.77. The molecule has 5 heteroatoms. The molecule has 0 aromatic heterocycles. The number of likely N-dealkylation sites (N-methyl/N-ethyl adjacent to an activating group) is 1. The summed E-state index contributed by atoms with van der Waals surface area (Å²) in [5, 5.41) is 0. The van der Waals surface area contributed by atoms with Crippen molar-refractivity contribution in [1.82, 2.24) is 9.80 Å². The Morgan fingerprint density at radius 2 is 2.05 bits per heavy atom. The van der Waals surface area contributed by atoms with E-state index in [-0.39, 0.29) is 5.91 Å². The minimum atomic E-state index is 0.152.